The highest BCUT2D eigenvalue weighted by Crippen LogP contribution is 2.40. The van der Waals surface area contributed by atoms with Crippen molar-refractivity contribution >= 4 is 22.4 Å². The molecule has 2 aromatic rings. The van der Waals surface area contributed by atoms with Gasteiger partial charge < -0.3 is 10.6 Å². The molecule has 22 heavy (non-hydrogen) atoms. The quantitative estimate of drug-likeness (QED) is 0.663. The highest BCUT2D eigenvalue weighted by atomic mass is 16.6. The van der Waals surface area contributed by atoms with Crippen LogP contribution in [0, 0.1) is 22.0 Å². The lowest BCUT2D eigenvalue weighted by atomic mass is 9.78. The minimum absolute atomic E-state index is 0.0756. The van der Waals surface area contributed by atoms with Gasteiger partial charge in [0.05, 0.1) is 10.6 Å². The van der Waals surface area contributed by atoms with Crippen LogP contribution in [-0.4, -0.2) is 34.4 Å². The van der Waals surface area contributed by atoms with Crippen LogP contribution in [0.5, 0.6) is 0 Å². The Morgan fingerprint density at radius 2 is 2.09 bits per heavy atom. The Morgan fingerprint density at radius 1 is 1.27 bits per heavy atom. The number of nitrogens with zero attached hydrogens (tertiary/aromatic N) is 4. The van der Waals surface area contributed by atoms with Crippen LogP contribution in [0.15, 0.2) is 16.8 Å². The van der Waals surface area contributed by atoms with Crippen molar-refractivity contribution in [2.24, 2.45) is 17.6 Å². The van der Waals surface area contributed by atoms with Crippen molar-refractivity contribution in [3.05, 3.63) is 22.2 Å². The van der Waals surface area contributed by atoms with E-state index in [9.17, 15) is 10.1 Å². The highest BCUT2D eigenvalue weighted by molar-refractivity contribution is 5.93. The molecule has 0 bridgehead atoms. The first-order valence-corrected chi connectivity index (χ1v) is 7.55. The summed E-state index contributed by atoms with van der Waals surface area (Å²) in [7, 11) is 0. The maximum Gasteiger partial charge on any atom is 0.300 e. The third kappa shape index (κ3) is 1.94. The van der Waals surface area contributed by atoms with Crippen LogP contribution in [0.25, 0.3) is 11.0 Å². The molecule has 3 atom stereocenters. The van der Waals surface area contributed by atoms with Gasteiger partial charge >= 0.3 is 5.69 Å². The van der Waals surface area contributed by atoms with Gasteiger partial charge in [-0.15, -0.1) is 0 Å². The smallest absolute Gasteiger partial charge is 0.300 e. The summed E-state index contributed by atoms with van der Waals surface area (Å²) in [5.41, 5.74) is 7.70. The number of hydrogen-bond donors (Lipinski definition) is 1. The molecule has 1 aliphatic heterocycles. The van der Waals surface area contributed by atoms with Crippen molar-refractivity contribution in [1.82, 2.24) is 10.3 Å². The second-order valence-electron chi connectivity index (χ2n) is 6.25. The van der Waals surface area contributed by atoms with Crippen molar-refractivity contribution in [2.75, 3.05) is 18.0 Å². The van der Waals surface area contributed by atoms with E-state index in [1.807, 2.05) is 0 Å². The molecule has 3 unspecified atom stereocenters. The van der Waals surface area contributed by atoms with Gasteiger partial charge in [0.2, 0.25) is 5.52 Å². The third-order valence-corrected chi connectivity index (χ3v) is 5.06. The predicted octanol–water partition coefficient (Wildman–Crippen LogP) is 1.69. The lowest BCUT2D eigenvalue weighted by Crippen LogP contribution is -2.38. The van der Waals surface area contributed by atoms with Gasteiger partial charge in [-0.25, -0.2) is 4.63 Å². The molecule has 8 nitrogen and oxygen atoms in total. The molecule has 0 amide bonds. The minimum atomic E-state index is -0.462. The molecule has 1 saturated heterocycles. The van der Waals surface area contributed by atoms with Gasteiger partial charge in [0, 0.05) is 25.2 Å². The molecule has 4 rings (SSSR count). The van der Waals surface area contributed by atoms with Gasteiger partial charge in [0.25, 0.3) is 0 Å². The maximum atomic E-state index is 11.1. The fraction of sp³-hybridized carbons (Fsp3) is 0.571. The Bertz CT molecular complexity index is 730. The molecule has 0 spiro atoms. The largest absolute Gasteiger partial charge is 0.369 e. The summed E-state index contributed by atoms with van der Waals surface area (Å²) in [4.78, 5) is 12.8. The highest BCUT2D eigenvalue weighted by Gasteiger charge is 2.39. The number of aromatic nitrogens is 2. The molecular formula is C14H17N5O3. The van der Waals surface area contributed by atoms with E-state index < -0.39 is 4.92 Å². The maximum absolute atomic E-state index is 11.1. The normalized spacial score (nSPS) is 28.0. The predicted molar refractivity (Wildman–Crippen MR) is 79.5 cm³/mol. The van der Waals surface area contributed by atoms with Crippen LogP contribution >= 0.6 is 0 Å². The summed E-state index contributed by atoms with van der Waals surface area (Å²) >= 11 is 0. The average Bonchev–Trinajstić information content (AvgIpc) is 3.13. The fourth-order valence-corrected chi connectivity index (χ4v) is 3.96. The number of nitro groups is 1. The van der Waals surface area contributed by atoms with Gasteiger partial charge in [-0.05, 0) is 41.1 Å². The number of nitro benzene ring substituents is 1. The lowest BCUT2D eigenvalue weighted by molar-refractivity contribution is -0.383. The van der Waals surface area contributed by atoms with Crippen LogP contribution in [0.1, 0.15) is 19.3 Å². The Hall–Kier alpha value is -2.22. The summed E-state index contributed by atoms with van der Waals surface area (Å²) in [5.74, 6) is 1.08. The van der Waals surface area contributed by atoms with E-state index in [1.165, 1.54) is 18.9 Å². The second-order valence-corrected chi connectivity index (χ2v) is 6.25. The molecule has 2 aliphatic rings. The van der Waals surface area contributed by atoms with E-state index in [0.29, 0.717) is 17.4 Å². The molecule has 1 aromatic heterocycles. The summed E-state index contributed by atoms with van der Waals surface area (Å²) < 4.78 is 4.74. The standard InChI is InChI=1S/C14H17N5O3/c15-10-3-1-2-8-6-18(7-9(8)10)11-4-5-12(19(20)21)14-13(11)16-22-17-14/h4-5,8-10H,1-3,6-7,15H2. The molecule has 8 heteroatoms. The molecule has 0 radical (unpaired) electrons. The van der Waals surface area contributed by atoms with E-state index in [4.69, 9.17) is 10.4 Å². The SMILES string of the molecule is NC1CCCC2CN(c3ccc([N+](=O)[O-])c4nonc34)CC12. The van der Waals surface area contributed by atoms with Gasteiger partial charge in [0.1, 0.15) is 0 Å². The van der Waals surface area contributed by atoms with Gasteiger partial charge in [-0.2, -0.15) is 0 Å². The fourth-order valence-electron chi connectivity index (χ4n) is 3.96. The summed E-state index contributed by atoms with van der Waals surface area (Å²) in [5, 5.41) is 18.6. The van der Waals surface area contributed by atoms with E-state index in [2.05, 4.69) is 15.2 Å². The summed E-state index contributed by atoms with van der Waals surface area (Å²) in [6.45, 7) is 1.78. The van der Waals surface area contributed by atoms with Crippen molar-refractivity contribution in [3.63, 3.8) is 0 Å². The van der Waals surface area contributed by atoms with Crippen LogP contribution in [0.2, 0.25) is 0 Å². The Morgan fingerprint density at radius 3 is 2.86 bits per heavy atom. The number of non-ortho nitro benzene ring substituents is 1. The number of anilines is 1. The van der Waals surface area contributed by atoms with E-state index in [-0.39, 0.29) is 17.2 Å². The zero-order valence-electron chi connectivity index (χ0n) is 12.0. The van der Waals surface area contributed by atoms with E-state index in [1.54, 1.807) is 6.07 Å². The van der Waals surface area contributed by atoms with Crippen LogP contribution in [0.3, 0.4) is 0 Å². The third-order valence-electron chi connectivity index (χ3n) is 5.06. The number of nitrogens with two attached hydrogens (primary N) is 1. The van der Waals surface area contributed by atoms with Crippen molar-refractivity contribution in [2.45, 2.75) is 25.3 Å². The molecule has 1 aliphatic carbocycles. The zero-order valence-corrected chi connectivity index (χ0v) is 12.0. The first-order valence-electron chi connectivity index (χ1n) is 7.55. The number of rotatable bonds is 2. The summed E-state index contributed by atoms with van der Waals surface area (Å²) in [6, 6.07) is 3.46. The Labute approximate surface area is 126 Å². The molecule has 1 saturated carbocycles. The molecule has 2 N–H and O–H groups in total. The van der Waals surface area contributed by atoms with E-state index >= 15 is 0 Å². The molecule has 2 fully saturated rings. The number of hydrogen-bond acceptors (Lipinski definition) is 7. The first-order chi connectivity index (χ1) is 10.6. The van der Waals surface area contributed by atoms with Crippen molar-refractivity contribution in [3.8, 4) is 0 Å². The molecular weight excluding hydrogens is 286 g/mol. The van der Waals surface area contributed by atoms with E-state index in [0.717, 1.165) is 25.2 Å². The molecule has 2 heterocycles. The zero-order chi connectivity index (χ0) is 15.3. The Balaban J connectivity index is 1.72. The molecule has 1 aromatic carbocycles. The van der Waals surface area contributed by atoms with Gasteiger partial charge in [-0.3, -0.25) is 10.1 Å². The Kier molecular flexibility index (Phi) is 3.00. The van der Waals surface area contributed by atoms with Gasteiger partial charge in [0.15, 0.2) is 5.52 Å². The van der Waals surface area contributed by atoms with Crippen LogP contribution < -0.4 is 10.6 Å². The number of fused-ring (bicyclic) bond motifs is 2. The van der Waals surface area contributed by atoms with Crippen molar-refractivity contribution < 1.29 is 9.55 Å². The second kappa shape index (κ2) is 4.91. The van der Waals surface area contributed by atoms with Gasteiger partial charge in [-0.1, -0.05) is 6.42 Å². The topological polar surface area (TPSA) is 111 Å². The van der Waals surface area contributed by atoms with Crippen molar-refractivity contribution in [1.29, 1.82) is 0 Å². The molecule has 116 valence electrons. The lowest BCUT2D eigenvalue weighted by Gasteiger charge is -2.29. The monoisotopic (exact) mass is 303 g/mol. The average molecular weight is 303 g/mol. The van der Waals surface area contributed by atoms with Crippen LogP contribution in [-0.2, 0) is 0 Å². The van der Waals surface area contributed by atoms with Crippen LogP contribution in [0.4, 0.5) is 11.4 Å². The minimum Gasteiger partial charge on any atom is -0.369 e. The summed E-state index contributed by atoms with van der Waals surface area (Å²) in [6.07, 6.45) is 3.45. The first kappa shape index (κ1) is 13.4. The number of benzene rings is 1.